The molecule has 43 heavy (non-hydrogen) atoms. The minimum Gasteiger partial charge on any atom is -0.490 e. The maximum atomic E-state index is 12.4. The van der Waals surface area contributed by atoms with E-state index < -0.39 is 0 Å². The van der Waals surface area contributed by atoms with Crippen LogP contribution in [0.25, 0.3) is 21.8 Å². The Morgan fingerprint density at radius 1 is 0.744 bits per heavy atom. The van der Waals surface area contributed by atoms with Gasteiger partial charge in [-0.2, -0.15) is 0 Å². The van der Waals surface area contributed by atoms with Crippen molar-refractivity contribution in [3.05, 3.63) is 93.2 Å². The molecule has 0 spiro atoms. The summed E-state index contributed by atoms with van der Waals surface area (Å²) in [6.07, 6.45) is 3.20. The minimum absolute atomic E-state index is 0.0346. The van der Waals surface area contributed by atoms with Gasteiger partial charge < -0.3 is 37.6 Å². The Kier molecular flexibility index (Phi) is 8.62. The van der Waals surface area contributed by atoms with Crippen molar-refractivity contribution in [1.29, 1.82) is 0 Å². The second-order valence-corrected chi connectivity index (χ2v) is 10.9. The van der Waals surface area contributed by atoms with Gasteiger partial charge in [0.1, 0.15) is 11.5 Å². The molecular formula is C33H36N2O8. The predicted molar refractivity (Wildman–Crippen MR) is 162 cm³/mol. The molecule has 226 valence electrons. The highest BCUT2D eigenvalue weighted by atomic mass is 16.7. The fourth-order valence-electron chi connectivity index (χ4n) is 5.38. The quantitative estimate of drug-likeness (QED) is 0.279. The Balaban J connectivity index is 0.000000153. The molecule has 2 saturated heterocycles. The van der Waals surface area contributed by atoms with Crippen molar-refractivity contribution in [1.82, 2.24) is 9.13 Å². The Morgan fingerprint density at radius 3 is 1.67 bits per heavy atom. The third-order valence-electron chi connectivity index (χ3n) is 7.67. The van der Waals surface area contributed by atoms with Gasteiger partial charge in [-0.1, -0.05) is 6.58 Å². The van der Waals surface area contributed by atoms with Crippen molar-refractivity contribution in [3.63, 3.8) is 0 Å². The van der Waals surface area contributed by atoms with E-state index in [-0.39, 0.29) is 23.7 Å². The fourth-order valence-corrected chi connectivity index (χ4v) is 5.38. The van der Waals surface area contributed by atoms with Crippen LogP contribution >= 0.6 is 0 Å². The van der Waals surface area contributed by atoms with E-state index in [1.54, 1.807) is 21.3 Å². The first-order chi connectivity index (χ1) is 20.9. The standard InChI is InChI=1S/C17H19NO4.C16H17NO4/c1-11-8-16(19)18(10-17-20-6-7-21-17)15-9-13(4-5-14(11)15)22-12-2-3-12;1-3-19-12-4-5-13-11(2)8-15(18)17(14(13)9-12)10-16-20-6-7-21-16/h4-5,8-9,12,17H,2-3,6-7,10H2,1H3;3-5,8-9,16H,1,6-7,10H2,2H3. The van der Waals surface area contributed by atoms with Gasteiger partial charge in [0.15, 0.2) is 12.6 Å². The molecule has 0 amide bonds. The lowest BCUT2D eigenvalue weighted by Crippen LogP contribution is -2.27. The molecule has 10 heteroatoms. The third kappa shape index (κ3) is 6.67. The number of aromatic nitrogens is 2. The van der Waals surface area contributed by atoms with Crippen LogP contribution in [0.4, 0.5) is 0 Å². The lowest BCUT2D eigenvalue weighted by molar-refractivity contribution is -0.0525. The Morgan fingerprint density at radius 2 is 1.21 bits per heavy atom. The Bertz CT molecular complexity index is 1740. The van der Waals surface area contributed by atoms with Crippen LogP contribution in [0.5, 0.6) is 11.5 Å². The van der Waals surface area contributed by atoms with E-state index in [1.807, 2.05) is 50.2 Å². The fraction of sp³-hybridized carbons (Fsp3) is 0.394. The highest BCUT2D eigenvalue weighted by molar-refractivity contribution is 5.84. The maximum absolute atomic E-state index is 12.4. The van der Waals surface area contributed by atoms with E-state index in [4.69, 9.17) is 28.4 Å². The first kappa shape index (κ1) is 29.1. The number of fused-ring (bicyclic) bond motifs is 2. The van der Waals surface area contributed by atoms with Crippen LogP contribution in [-0.4, -0.2) is 54.2 Å². The zero-order chi connectivity index (χ0) is 29.9. The molecule has 3 fully saturated rings. The molecule has 1 aliphatic carbocycles. The normalized spacial score (nSPS) is 17.3. The summed E-state index contributed by atoms with van der Waals surface area (Å²) in [7, 11) is 0. The number of nitrogens with zero attached hydrogens (tertiary/aromatic N) is 2. The van der Waals surface area contributed by atoms with Crippen LogP contribution in [-0.2, 0) is 32.0 Å². The first-order valence-electron chi connectivity index (χ1n) is 14.6. The molecule has 0 radical (unpaired) electrons. The van der Waals surface area contributed by atoms with Crippen LogP contribution in [0.1, 0.15) is 24.0 Å². The van der Waals surface area contributed by atoms with Crippen LogP contribution in [0.3, 0.4) is 0 Å². The summed E-state index contributed by atoms with van der Waals surface area (Å²) in [4.78, 5) is 24.7. The van der Waals surface area contributed by atoms with Crippen molar-refractivity contribution < 1.29 is 28.4 Å². The predicted octanol–water partition coefficient (Wildman–Crippen LogP) is 4.43. The van der Waals surface area contributed by atoms with Gasteiger partial charge in [-0.3, -0.25) is 9.59 Å². The minimum atomic E-state index is -0.377. The van der Waals surface area contributed by atoms with Gasteiger partial charge in [0.2, 0.25) is 0 Å². The van der Waals surface area contributed by atoms with Crippen molar-refractivity contribution in [2.24, 2.45) is 0 Å². The topological polar surface area (TPSA) is 99.4 Å². The number of ether oxygens (including phenoxy) is 6. The largest absolute Gasteiger partial charge is 0.490 e. The third-order valence-corrected chi connectivity index (χ3v) is 7.67. The molecule has 10 nitrogen and oxygen atoms in total. The van der Waals surface area contributed by atoms with Crippen LogP contribution in [0.15, 0.2) is 71.0 Å². The molecular weight excluding hydrogens is 552 g/mol. The van der Waals surface area contributed by atoms with Crippen molar-refractivity contribution in [3.8, 4) is 11.5 Å². The van der Waals surface area contributed by atoms with E-state index in [0.717, 1.165) is 51.5 Å². The summed E-state index contributed by atoms with van der Waals surface area (Å²) >= 11 is 0. The van der Waals surface area contributed by atoms with Gasteiger partial charge in [0, 0.05) is 35.0 Å². The van der Waals surface area contributed by atoms with E-state index >= 15 is 0 Å². The van der Waals surface area contributed by atoms with Crippen LogP contribution < -0.4 is 20.6 Å². The average molecular weight is 589 g/mol. The van der Waals surface area contributed by atoms with E-state index in [2.05, 4.69) is 6.58 Å². The molecule has 0 bridgehead atoms. The van der Waals surface area contributed by atoms with Crippen molar-refractivity contribution in [2.45, 2.75) is 58.5 Å². The zero-order valence-electron chi connectivity index (χ0n) is 24.5. The lowest BCUT2D eigenvalue weighted by Gasteiger charge is -2.16. The lowest BCUT2D eigenvalue weighted by atomic mass is 10.1. The number of hydrogen-bond acceptors (Lipinski definition) is 8. The molecule has 0 atom stereocenters. The molecule has 4 aromatic rings. The summed E-state index contributed by atoms with van der Waals surface area (Å²) < 4.78 is 36.4. The molecule has 0 unspecified atom stereocenters. The van der Waals surface area contributed by atoms with Crippen LogP contribution in [0.2, 0.25) is 0 Å². The zero-order valence-corrected chi connectivity index (χ0v) is 24.5. The average Bonchev–Trinajstić information content (AvgIpc) is 3.40. The summed E-state index contributed by atoms with van der Waals surface area (Å²) in [6.45, 7) is 10.5. The van der Waals surface area contributed by atoms with Crippen molar-refractivity contribution >= 4 is 21.8 Å². The molecule has 4 heterocycles. The number of pyridine rings is 2. The molecule has 2 aromatic carbocycles. The molecule has 2 aromatic heterocycles. The number of benzene rings is 2. The SMILES string of the molecule is C=COc1ccc2c(C)cc(=O)n(CC3OCCO3)c2c1.Cc1cc(=O)n(CC2OCCO2)c2cc(OC3CC3)ccc12. The number of rotatable bonds is 8. The number of aryl methyl sites for hydroxylation is 2. The van der Waals surface area contributed by atoms with Crippen LogP contribution in [0, 0.1) is 13.8 Å². The van der Waals surface area contributed by atoms with Gasteiger partial charge >= 0.3 is 0 Å². The summed E-state index contributed by atoms with van der Waals surface area (Å²) in [5.74, 6) is 1.46. The molecule has 2 aliphatic heterocycles. The molecule has 3 aliphatic rings. The van der Waals surface area contributed by atoms with Gasteiger partial charge in [0.25, 0.3) is 11.1 Å². The first-order valence-corrected chi connectivity index (χ1v) is 14.6. The maximum Gasteiger partial charge on any atom is 0.251 e. The second kappa shape index (κ2) is 12.7. The van der Waals surface area contributed by atoms with Crippen molar-refractivity contribution in [2.75, 3.05) is 26.4 Å². The summed E-state index contributed by atoms with van der Waals surface area (Å²) in [5, 5.41) is 2.06. The van der Waals surface area contributed by atoms with E-state index in [9.17, 15) is 9.59 Å². The Hall–Kier alpha value is -3.96. The summed E-state index contributed by atoms with van der Waals surface area (Å²) in [5.41, 5.74) is 3.48. The monoisotopic (exact) mass is 588 g/mol. The van der Waals surface area contributed by atoms with Gasteiger partial charge in [0.05, 0.1) is 62.9 Å². The smallest absolute Gasteiger partial charge is 0.251 e. The summed E-state index contributed by atoms with van der Waals surface area (Å²) in [6, 6.07) is 14.9. The molecule has 7 rings (SSSR count). The number of hydrogen-bond donors (Lipinski definition) is 0. The van der Waals surface area contributed by atoms with Gasteiger partial charge in [-0.15, -0.1) is 0 Å². The molecule has 0 N–H and O–H groups in total. The van der Waals surface area contributed by atoms with E-state index in [0.29, 0.717) is 51.4 Å². The second-order valence-electron chi connectivity index (χ2n) is 10.9. The van der Waals surface area contributed by atoms with Gasteiger partial charge in [-0.05, 0) is 62.1 Å². The molecule has 1 saturated carbocycles. The highest BCUT2D eigenvalue weighted by Crippen LogP contribution is 2.30. The highest BCUT2D eigenvalue weighted by Gasteiger charge is 2.24. The Labute approximate surface area is 248 Å². The van der Waals surface area contributed by atoms with Gasteiger partial charge in [-0.25, -0.2) is 0 Å². The van der Waals surface area contributed by atoms with E-state index in [1.165, 1.54) is 6.26 Å².